The van der Waals surface area contributed by atoms with Crippen LogP contribution in [0.3, 0.4) is 0 Å². The number of hydrogen-bond acceptors (Lipinski definition) is 4. The van der Waals surface area contributed by atoms with Gasteiger partial charge in [-0.3, -0.25) is 9.36 Å². The molecule has 0 aliphatic carbocycles. The molecule has 100 valence electrons. The van der Waals surface area contributed by atoms with E-state index in [1.54, 1.807) is 26.0 Å². The first-order valence-electron chi connectivity index (χ1n) is 6.07. The maximum absolute atomic E-state index is 12.7. The van der Waals surface area contributed by atoms with Crippen molar-refractivity contribution < 1.29 is 18.6 Å². The minimum atomic E-state index is -2.95. The second-order valence-corrected chi connectivity index (χ2v) is 6.27. The predicted octanol–water partition coefficient (Wildman–Crippen LogP) is 2.58. The van der Waals surface area contributed by atoms with E-state index in [-0.39, 0.29) is 18.6 Å². The van der Waals surface area contributed by atoms with Crippen molar-refractivity contribution in [3.05, 3.63) is 30.3 Å². The molecule has 0 aliphatic rings. The van der Waals surface area contributed by atoms with Crippen molar-refractivity contribution in [3.63, 3.8) is 0 Å². The molecule has 1 aromatic carbocycles. The zero-order valence-corrected chi connectivity index (χ0v) is 11.7. The highest BCUT2D eigenvalue weighted by molar-refractivity contribution is 7.67. The average Bonchev–Trinajstić information content (AvgIpc) is 2.38. The molecule has 4 nitrogen and oxygen atoms in total. The number of esters is 1. The fourth-order valence-electron chi connectivity index (χ4n) is 1.60. The summed E-state index contributed by atoms with van der Waals surface area (Å²) in [5.41, 5.74) is 0. The van der Waals surface area contributed by atoms with Crippen LogP contribution in [0.5, 0.6) is 0 Å². The van der Waals surface area contributed by atoms with Gasteiger partial charge >= 0.3 is 5.97 Å². The molecule has 0 saturated heterocycles. The largest absolute Gasteiger partial charge is 0.466 e. The Balaban J connectivity index is 2.75. The average molecular weight is 270 g/mol. The summed E-state index contributed by atoms with van der Waals surface area (Å²) in [6.45, 7) is 4.23. The molecule has 0 radical (unpaired) electrons. The third-order valence-electron chi connectivity index (χ3n) is 2.40. The van der Waals surface area contributed by atoms with E-state index in [1.807, 2.05) is 18.2 Å². The number of carbonyl (C=O) groups is 1. The van der Waals surface area contributed by atoms with Crippen LogP contribution in [0.4, 0.5) is 0 Å². The van der Waals surface area contributed by atoms with Crippen molar-refractivity contribution in [2.45, 2.75) is 20.3 Å². The third-order valence-corrected chi connectivity index (χ3v) is 4.98. The van der Waals surface area contributed by atoms with Crippen LogP contribution in [0.15, 0.2) is 30.3 Å². The van der Waals surface area contributed by atoms with E-state index >= 15 is 0 Å². The van der Waals surface area contributed by atoms with E-state index in [1.165, 1.54) is 0 Å². The van der Waals surface area contributed by atoms with Crippen LogP contribution in [0.1, 0.15) is 20.3 Å². The van der Waals surface area contributed by atoms with Gasteiger partial charge in [0, 0.05) is 11.5 Å². The minimum absolute atomic E-state index is 0.111. The summed E-state index contributed by atoms with van der Waals surface area (Å²) in [5.74, 6) is -0.339. The molecule has 5 heteroatoms. The molecule has 0 aromatic heterocycles. The normalized spacial score (nSPS) is 13.9. The predicted molar refractivity (Wildman–Crippen MR) is 71.4 cm³/mol. The molecule has 0 aliphatic heterocycles. The molecule has 0 amide bonds. The van der Waals surface area contributed by atoms with Gasteiger partial charge in [-0.25, -0.2) is 0 Å². The Morgan fingerprint density at radius 2 is 1.83 bits per heavy atom. The quantitative estimate of drug-likeness (QED) is 0.564. The molecule has 0 saturated carbocycles. The van der Waals surface area contributed by atoms with Crippen LogP contribution in [0.25, 0.3) is 0 Å². The maximum Gasteiger partial charge on any atom is 0.306 e. The SMILES string of the molecule is CCOC(=O)CCP(=O)(OCC)c1ccccc1. The topological polar surface area (TPSA) is 52.6 Å². The van der Waals surface area contributed by atoms with Crippen LogP contribution in [-0.4, -0.2) is 25.3 Å². The lowest BCUT2D eigenvalue weighted by Gasteiger charge is -2.17. The van der Waals surface area contributed by atoms with E-state index in [9.17, 15) is 9.36 Å². The molecule has 0 spiro atoms. The lowest BCUT2D eigenvalue weighted by Crippen LogP contribution is -2.14. The molecule has 1 rings (SSSR count). The lowest BCUT2D eigenvalue weighted by molar-refractivity contribution is -0.142. The van der Waals surface area contributed by atoms with Crippen molar-refractivity contribution in [3.8, 4) is 0 Å². The number of ether oxygens (including phenoxy) is 1. The smallest absolute Gasteiger partial charge is 0.306 e. The highest BCUT2D eigenvalue weighted by Crippen LogP contribution is 2.46. The fraction of sp³-hybridized carbons (Fsp3) is 0.462. The summed E-state index contributed by atoms with van der Waals surface area (Å²) in [5, 5.41) is 0.649. The third kappa shape index (κ3) is 4.28. The molecule has 1 aromatic rings. The Hall–Kier alpha value is -1.12. The second kappa shape index (κ2) is 7.34. The van der Waals surface area contributed by atoms with Crippen molar-refractivity contribution in [1.29, 1.82) is 0 Å². The minimum Gasteiger partial charge on any atom is -0.466 e. The van der Waals surface area contributed by atoms with Crippen LogP contribution in [0.2, 0.25) is 0 Å². The van der Waals surface area contributed by atoms with Crippen molar-refractivity contribution >= 4 is 18.6 Å². The number of rotatable bonds is 7. The van der Waals surface area contributed by atoms with Crippen molar-refractivity contribution in [2.75, 3.05) is 19.4 Å². The molecular weight excluding hydrogens is 251 g/mol. The van der Waals surface area contributed by atoms with E-state index < -0.39 is 7.37 Å². The van der Waals surface area contributed by atoms with Crippen molar-refractivity contribution in [1.82, 2.24) is 0 Å². The summed E-state index contributed by atoms with van der Waals surface area (Å²) < 4.78 is 22.9. The first-order valence-corrected chi connectivity index (χ1v) is 7.88. The van der Waals surface area contributed by atoms with Gasteiger partial charge in [0.1, 0.15) is 0 Å². The van der Waals surface area contributed by atoms with Crippen LogP contribution >= 0.6 is 7.37 Å². The molecule has 0 bridgehead atoms. The van der Waals surface area contributed by atoms with Gasteiger partial charge in [-0.15, -0.1) is 0 Å². The van der Waals surface area contributed by atoms with E-state index in [4.69, 9.17) is 9.26 Å². The molecule has 0 heterocycles. The Kier molecular flexibility index (Phi) is 6.10. The van der Waals surface area contributed by atoms with Gasteiger partial charge in [0.2, 0.25) is 7.37 Å². The van der Waals surface area contributed by atoms with Gasteiger partial charge < -0.3 is 9.26 Å². The fourth-order valence-corrected chi connectivity index (χ4v) is 3.66. The first-order chi connectivity index (χ1) is 8.62. The van der Waals surface area contributed by atoms with Gasteiger partial charge in [-0.2, -0.15) is 0 Å². The van der Waals surface area contributed by atoms with Gasteiger partial charge in [-0.05, 0) is 26.0 Å². The highest BCUT2D eigenvalue weighted by Gasteiger charge is 2.26. The van der Waals surface area contributed by atoms with Gasteiger partial charge in [0.05, 0.1) is 19.6 Å². The number of carbonyl (C=O) groups excluding carboxylic acids is 1. The lowest BCUT2D eigenvalue weighted by atomic mass is 10.4. The number of benzene rings is 1. The summed E-state index contributed by atoms with van der Waals surface area (Å²) in [6, 6.07) is 9.01. The Bertz CT molecular complexity index is 416. The van der Waals surface area contributed by atoms with Crippen LogP contribution in [0, 0.1) is 0 Å². The monoisotopic (exact) mass is 270 g/mol. The van der Waals surface area contributed by atoms with Gasteiger partial charge in [-0.1, -0.05) is 18.2 Å². The molecule has 1 atom stereocenters. The van der Waals surface area contributed by atoms with Gasteiger partial charge in [0.25, 0.3) is 0 Å². The number of hydrogen-bond donors (Lipinski definition) is 0. The molecule has 0 N–H and O–H groups in total. The standard InChI is InChI=1S/C13H19O4P/c1-3-16-13(14)10-11-18(15,17-4-2)12-8-6-5-7-9-12/h5-9H,3-4,10-11H2,1-2H3. The highest BCUT2D eigenvalue weighted by atomic mass is 31.2. The van der Waals surface area contributed by atoms with E-state index in [0.717, 1.165) is 0 Å². The maximum atomic E-state index is 12.7. The molecule has 0 fully saturated rings. The van der Waals surface area contributed by atoms with Crippen LogP contribution in [-0.2, 0) is 18.6 Å². The Labute approximate surface area is 108 Å². The molecule has 18 heavy (non-hydrogen) atoms. The van der Waals surface area contributed by atoms with Crippen LogP contribution < -0.4 is 5.30 Å². The van der Waals surface area contributed by atoms with E-state index in [0.29, 0.717) is 18.5 Å². The summed E-state index contributed by atoms with van der Waals surface area (Å²) in [7, 11) is -2.95. The summed E-state index contributed by atoms with van der Waals surface area (Å²) >= 11 is 0. The van der Waals surface area contributed by atoms with Gasteiger partial charge in [0.15, 0.2) is 0 Å². The zero-order chi connectivity index (χ0) is 13.4. The summed E-state index contributed by atoms with van der Waals surface area (Å²) in [6.07, 6.45) is 0.295. The first kappa shape index (κ1) is 14.9. The molecule has 1 unspecified atom stereocenters. The summed E-state index contributed by atoms with van der Waals surface area (Å²) in [4.78, 5) is 11.3. The Morgan fingerprint density at radius 3 is 2.39 bits per heavy atom. The van der Waals surface area contributed by atoms with E-state index in [2.05, 4.69) is 0 Å². The second-order valence-electron chi connectivity index (χ2n) is 3.71. The van der Waals surface area contributed by atoms with Crippen molar-refractivity contribution in [2.24, 2.45) is 0 Å². The Morgan fingerprint density at radius 1 is 1.17 bits per heavy atom. The zero-order valence-electron chi connectivity index (χ0n) is 10.8. The molecular formula is C13H19O4P.